The maximum atomic E-state index is 11.4. The predicted molar refractivity (Wildman–Crippen MR) is 54.0 cm³/mol. The molecule has 0 radical (unpaired) electrons. The number of nitriles is 1. The number of hydrogen-bond donors (Lipinski definition) is 1. The van der Waals surface area contributed by atoms with Gasteiger partial charge in [-0.2, -0.15) is 5.26 Å². The van der Waals surface area contributed by atoms with Gasteiger partial charge in [0.1, 0.15) is 11.4 Å². The van der Waals surface area contributed by atoms with Crippen molar-refractivity contribution in [1.82, 2.24) is 5.32 Å². The summed E-state index contributed by atoms with van der Waals surface area (Å²) in [6.07, 6.45) is 1.92. The molecular weight excluding hydrogens is 204 g/mol. The minimum atomic E-state index is -0.166. The van der Waals surface area contributed by atoms with E-state index in [2.05, 4.69) is 5.32 Å². The molecule has 5 heteroatoms. The van der Waals surface area contributed by atoms with Gasteiger partial charge < -0.3 is 5.32 Å². The summed E-state index contributed by atoms with van der Waals surface area (Å²) in [6, 6.07) is 3.76. The molecule has 3 nitrogen and oxygen atoms in total. The summed E-state index contributed by atoms with van der Waals surface area (Å²) >= 11 is 2.92. The molecule has 0 aliphatic heterocycles. The van der Waals surface area contributed by atoms with Gasteiger partial charge in [0.15, 0.2) is 0 Å². The van der Waals surface area contributed by atoms with Crippen LogP contribution in [0.3, 0.4) is 0 Å². The first-order chi connectivity index (χ1) is 6.29. The summed E-state index contributed by atoms with van der Waals surface area (Å²) in [5.41, 5.74) is 0. The fraction of sp³-hybridized carbons (Fsp3) is 0.250. The van der Waals surface area contributed by atoms with Gasteiger partial charge in [-0.15, -0.1) is 23.1 Å². The Morgan fingerprint density at radius 3 is 3.23 bits per heavy atom. The summed E-state index contributed by atoms with van der Waals surface area (Å²) in [5.74, 6) is -0.166. The van der Waals surface area contributed by atoms with Crippen LogP contribution in [-0.2, 0) is 0 Å². The molecule has 0 aromatic carbocycles. The second kappa shape index (κ2) is 4.90. The highest BCUT2D eigenvalue weighted by Gasteiger charge is 2.11. The molecule has 68 valence electrons. The summed E-state index contributed by atoms with van der Waals surface area (Å²) in [6.45, 7) is 0.0601. The Morgan fingerprint density at radius 1 is 1.85 bits per heavy atom. The Labute approximate surface area is 84.8 Å². The molecule has 0 bridgehead atoms. The summed E-state index contributed by atoms with van der Waals surface area (Å²) < 4.78 is 0. The van der Waals surface area contributed by atoms with Gasteiger partial charge in [0, 0.05) is 4.90 Å². The molecule has 13 heavy (non-hydrogen) atoms. The van der Waals surface area contributed by atoms with Crippen LogP contribution in [0.15, 0.2) is 16.3 Å². The van der Waals surface area contributed by atoms with Gasteiger partial charge in [0.05, 0.1) is 6.07 Å². The third-order valence-corrected chi connectivity index (χ3v) is 3.21. The third kappa shape index (κ3) is 2.47. The zero-order chi connectivity index (χ0) is 9.68. The van der Waals surface area contributed by atoms with Crippen molar-refractivity contribution in [2.45, 2.75) is 4.90 Å². The van der Waals surface area contributed by atoms with E-state index in [0.29, 0.717) is 4.88 Å². The fourth-order valence-electron chi connectivity index (χ4n) is 0.824. The molecule has 0 aliphatic carbocycles. The van der Waals surface area contributed by atoms with E-state index in [1.54, 1.807) is 0 Å². The highest BCUT2D eigenvalue weighted by atomic mass is 32.2. The van der Waals surface area contributed by atoms with Gasteiger partial charge in [0.2, 0.25) is 0 Å². The smallest absolute Gasteiger partial charge is 0.263 e. The van der Waals surface area contributed by atoms with Gasteiger partial charge in [-0.25, -0.2) is 0 Å². The number of thiophene rings is 1. The van der Waals surface area contributed by atoms with Crippen LogP contribution in [0.1, 0.15) is 9.67 Å². The van der Waals surface area contributed by atoms with Crippen molar-refractivity contribution >= 4 is 29.0 Å². The molecule has 1 aromatic heterocycles. The van der Waals surface area contributed by atoms with Gasteiger partial charge in [0.25, 0.3) is 5.91 Å². The van der Waals surface area contributed by atoms with E-state index in [4.69, 9.17) is 5.26 Å². The van der Waals surface area contributed by atoms with Crippen molar-refractivity contribution in [3.8, 4) is 6.07 Å². The predicted octanol–water partition coefficient (Wildman–Crippen LogP) is 1.72. The molecule has 0 aliphatic rings. The number of carbonyl (C=O) groups excluding carboxylic acids is 1. The summed E-state index contributed by atoms with van der Waals surface area (Å²) in [7, 11) is 0. The van der Waals surface area contributed by atoms with Crippen LogP contribution < -0.4 is 5.32 Å². The van der Waals surface area contributed by atoms with E-state index >= 15 is 0 Å². The average Bonchev–Trinajstić information content (AvgIpc) is 2.61. The first-order valence-corrected chi connectivity index (χ1v) is 5.66. The highest BCUT2D eigenvalue weighted by molar-refractivity contribution is 7.98. The molecule has 0 fully saturated rings. The van der Waals surface area contributed by atoms with Crippen LogP contribution in [0, 0.1) is 11.3 Å². The number of nitrogens with one attached hydrogen (secondary N) is 1. The van der Waals surface area contributed by atoms with E-state index in [9.17, 15) is 4.79 Å². The lowest BCUT2D eigenvalue weighted by Crippen LogP contribution is -2.22. The molecule has 1 heterocycles. The number of rotatable bonds is 3. The molecule has 1 rings (SSSR count). The van der Waals surface area contributed by atoms with Gasteiger partial charge in [-0.1, -0.05) is 0 Å². The molecule has 0 saturated carbocycles. The number of nitrogens with zero attached hydrogens (tertiary/aromatic N) is 1. The Kier molecular flexibility index (Phi) is 3.80. The first kappa shape index (κ1) is 10.1. The van der Waals surface area contributed by atoms with E-state index < -0.39 is 0 Å². The highest BCUT2D eigenvalue weighted by Crippen LogP contribution is 2.25. The van der Waals surface area contributed by atoms with Crippen molar-refractivity contribution in [2.24, 2.45) is 0 Å². The molecule has 1 N–H and O–H groups in total. The second-order valence-electron chi connectivity index (χ2n) is 2.16. The van der Waals surface area contributed by atoms with Gasteiger partial charge in [-0.3, -0.25) is 4.79 Å². The number of carbonyl (C=O) groups is 1. The number of thioether (sulfide) groups is 1. The van der Waals surface area contributed by atoms with Crippen molar-refractivity contribution in [3.05, 3.63) is 16.3 Å². The SMILES string of the molecule is CSc1ccsc1C(=O)NCC#N. The van der Waals surface area contributed by atoms with E-state index in [-0.39, 0.29) is 12.5 Å². The van der Waals surface area contributed by atoms with Crippen LogP contribution in [0.5, 0.6) is 0 Å². The molecule has 0 spiro atoms. The Bertz CT molecular complexity index is 340. The van der Waals surface area contributed by atoms with Crippen molar-refractivity contribution < 1.29 is 4.79 Å². The van der Waals surface area contributed by atoms with Crippen LogP contribution in [0.4, 0.5) is 0 Å². The monoisotopic (exact) mass is 212 g/mol. The van der Waals surface area contributed by atoms with Crippen LogP contribution in [-0.4, -0.2) is 18.7 Å². The Balaban J connectivity index is 2.71. The maximum absolute atomic E-state index is 11.4. The molecule has 0 saturated heterocycles. The molecule has 0 unspecified atom stereocenters. The number of amides is 1. The van der Waals surface area contributed by atoms with Gasteiger partial charge in [-0.05, 0) is 17.7 Å². The standard InChI is InChI=1S/C8H8N2OS2/c1-12-6-2-5-13-7(6)8(11)10-4-3-9/h2,5H,4H2,1H3,(H,10,11). The maximum Gasteiger partial charge on any atom is 0.263 e. The Hall–Kier alpha value is -0.990. The summed E-state index contributed by atoms with van der Waals surface area (Å²) in [5, 5.41) is 12.6. The summed E-state index contributed by atoms with van der Waals surface area (Å²) in [4.78, 5) is 13.0. The van der Waals surface area contributed by atoms with Crippen LogP contribution in [0.2, 0.25) is 0 Å². The van der Waals surface area contributed by atoms with E-state index in [1.165, 1.54) is 23.1 Å². The average molecular weight is 212 g/mol. The normalized spacial score (nSPS) is 9.23. The van der Waals surface area contributed by atoms with E-state index in [0.717, 1.165) is 4.90 Å². The molecule has 1 amide bonds. The van der Waals surface area contributed by atoms with Crippen molar-refractivity contribution in [1.29, 1.82) is 5.26 Å². The van der Waals surface area contributed by atoms with Crippen molar-refractivity contribution in [2.75, 3.05) is 12.8 Å². The number of hydrogen-bond acceptors (Lipinski definition) is 4. The second-order valence-corrected chi connectivity index (χ2v) is 3.92. The topological polar surface area (TPSA) is 52.9 Å². The largest absolute Gasteiger partial charge is 0.338 e. The van der Waals surface area contributed by atoms with Crippen molar-refractivity contribution in [3.63, 3.8) is 0 Å². The van der Waals surface area contributed by atoms with E-state index in [1.807, 2.05) is 23.8 Å². The zero-order valence-electron chi connectivity index (χ0n) is 7.03. The molecule has 1 aromatic rings. The molecule has 0 atom stereocenters. The lowest BCUT2D eigenvalue weighted by atomic mass is 10.4. The lowest BCUT2D eigenvalue weighted by Gasteiger charge is -1.99. The Morgan fingerprint density at radius 2 is 2.62 bits per heavy atom. The minimum Gasteiger partial charge on any atom is -0.338 e. The minimum absolute atomic E-state index is 0.0601. The first-order valence-electron chi connectivity index (χ1n) is 3.56. The lowest BCUT2D eigenvalue weighted by molar-refractivity contribution is 0.0960. The molecular formula is C8H8N2OS2. The van der Waals surface area contributed by atoms with Crippen LogP contribution in [0.25, 0.3) is 0 Å². The third-order valence-electron chi connectivity index (χ3n) is 1.38. The quantitative estimate of drug-likeness (QED) is 0.613. The van der Waals surface area contributed by atoms with Gasteiger partial charge >= 0.3 is 0 Å². The zero-order valence-corrected chi connectivity index (χ0v) is 8.67. The van der Waals surface area contributed by atoms with Crippen LogP contribution >= 0.6 is 23.1 Å². The fourth-order valence-corrected chi connectivity index (χ4v) is 2.49.